The highest BCUT2D eigenvalue weighted by molar-refractivity contribution is 7.71. The molecule has 0 radical (unpaired) electrons. The lowest BCUT2D eigenvalue weighted by Crippen LogP contribution is -2.40. The van der Waals surface area contributed by atoms with Crippen LogP contribution in [0.2, 0.25) is 0 Å². The molecule has 120 valence electrons. The Labute approximate surface area is 137 Å². The van der Waals surface area contributed by atoms with E-state index in [1.165, 1.54) is 0 Å². The number of hydrogen-bond acceptors (Lipinski definition) is 4. The van der Waals surface area contributed by atoms with Gasteiger partial charge in [0, 0.05) is 23.1 Å². The van der Waals surface area contributed by atoms with E-state index in [-0.39, 0.29) is 21.8 Å². The number of aromatic nitrogens is 2. The Bertz CT molecular complexity index is 906. The van der Waals surface area contributed by atoms with Crippen LogP contribution in [0, 0.1) is 4.77 Å². The second-order valence-corrected chi connectivity index (χ2v) is 6.93. The van der Waals surface area contributed by atoms with Crippen molar-refractivity contribution in [3.8, 4) is 11.6 Å². The summed E-state index contributed by atoms with van der Waals surface area (Å²) in [5.41, 5.74) is 1.20. The molecule has 0 atom stereocenters. The van der Waals surface area contributed by atoms with Crippen LogP contribution in [0.1, 0.15) is 42.3 Å². The van der Waals surface area contributed by atoms with Gasteiger partial charge in [0.05, 0.1) is 5.56 Å². The van der Waals surface area contributed by atoms with E-state index < -0.39 is 0 Å². The number of fused-ring (bicyclic) bond motifs is 2. The molecule has 1 amide bonds. The molecule has 6 nitrogen and oxygen atoms in total. The van der Waals surface area contributed by atoms with Gasteiger partial charge in [0.1, 0.15) is 5.75 Å². The first-order valence-electron chi connectivity index (χ1n) is 7.22. The summed E-state index contributed by atoms with van der Waals surface area (Å²) < 4.78 is 5.92. The normalized spacial score (nSPS) is 12.8. The second-order valence-electron chi connectivity index (χ2n) is 6.52. The van der Waals surface area contributed by atoms with Crippen molar-refractivity contribution in [1.29, 1.82) is 0 Å². The lowest BCUT2D eigenvalue weighted by atomic mass is 10.00. The van der Waals surface area contributed by atoms with Crippen molar-refractivity contribution >= 4 is 18.1 Å². The Hall–Kier alpha value is -2.41. The maximum atomic E-state index is 12.3. The predicted molar refractivity (Wildman–Crippen MR) is 88.8 cm³/mol. The molecule has 2 aromatic rings. The van der Waals surface area contributed by atoms with Crippen molar-refractivity contribution in [3.63, 3.8) is 0 Å². The zero-order chi connectivity index (χ0) is 16.8. The molecule has 23 heavy (non-hydrogen) atoms. The molecule has 0 saturated heterocycles. The lowest BCUT2D eigenvalue weighted by molar-refractivity contribution is 0.0919. The van der Waals surface area contributed by atoms with Crippen LogP contribution in [-0.4, -0.2) is 21.4 Å². The minimum absolute atomic E-state index is 0.160. The SMILES string of the molecule is CC(C)(C)NC(=O)c1ccc2c(c1)Cc1c([nH]c(=S)[nH]c1=O)O2. The van der Waals surface area contributed by atoms with Crippen LogP contribution >= 0.6 is 12.2 Å². The molecule has 0 unspecified atom stereocenters. The third-order valence-corrected chi connectivity index (χ3v) is 3.60. The number of rotatable bonds is 1. The number of aromatic amines is 2. The largest absolute Gasteiger partial charge is 0.440 e. The number of carbonyl (C=O) groups is 1. The van der Waals surface area contributed by atoms with Crippen molar-refractivity contribution in [2.75, 3.05) is 0 Å². The summed E-state index contributed by atoms with van der Waals surface area (Å²) in [6, 6.07) is 5.18. The number of ether oxygens (including phenoxy) is 1. The van der Waals surface area contributed by atoms with Crippen LogP contribution in [0.25, 0.3) is 0 Å². The summed E-state index contributed by atoms with van der Waals surface area (Å²) in [6.07, 6.45) is 0.378. The summed E-state index contributed by atoms with van der Waals surface area (Å²) in [7, 11) is 0. The molecule has 3 rings (SSSR count). The van der Waals surface area contributed by atoms with Crippen LogP contribution in [-0.2, 0) is 6.42 Å². The Kier molecular flexibility index (Phi) is 3.60. The standard InChI is InChI=1S/C16H17N3O3S/c1-16(2,3)19-12(20)8-4-5-11-9(6-8)7-10-13(21)17-15(23)18-14(10)22-11/h4-6H,7H2,1-3H3,(H,19,20)(H2,17,18,21,23). The Morgan fingerprint density at radius 3 is 2.74 bits per heavy atom. The van der Waals surface area contributed by atoms with E-state index in [0.717, 1.165) is 5.56 Å². The molecule has 2 heterocycles. The average molecular weight is 331 g/mol. The van der Waals surface area contributed by atoms with E-state index in [9.17, 15) is 9.59 Å². The summed E-state index contributed by atoms with van der Waals surface area (Å²) in [4.78, 5) is 29.6. The molecule has 0 bridgehead atoms. The summed E-state index contributed by atoms with van der Waals surface area (Å²) in [5, 5.41) is 2.91. The molecule has 1 aliphatic rings. The summed E-state index contributed by atoms with van der Waals surface area (Å²) in [5.74, 6) is 0.812. The van der Waals surface area contributed by atoms with Crippen LogP contribution in [0.15, 0.2) is 23.0 Å². The number of amides is 1. The van der Waals surface area contributed by atoms with Gasteiger partial charge in [-0.15, -0.1) is 0 Å². The second kappa shape index (κ2) is 5.34. The molecule has 0 spiro atoms. The lowest BCUT2D eigenvalue weighted by Gasteiger charge is -2.22. The minimum Gasteiger partial charge on any atom is -0.440 e. The van der Waals surface area contributed by atoms with Crippen molar-refractivity contribution in [1.82, 2.24) is 15.3 Å². The Morgan fingerprint density at radius 1 is 1.30 bits per heavy atom. The quantitative estimate of drug-likeness (QED) is 0.598. The van der Waals surface area contributed by atoms with E-state index >= 15 is 0 Å². The van der Waals surface area contributed by atoms with Crippen LogP contribution in [0.4, 0.5) is 0 Å². The van der Waals surface area contributed by atoms with Gasteiger partial charge in [0.25, 0.3) is 11.5 Å². The van der Waals surface area contributed by atoms with Crippen molar-refractivity contribution in [3.05, 3.63) is 50.0 Å². The van der Waals surface area contributed by atoms with Gasteiger partial charge in [0.2, 0.25) is 5.88 Å². The van der Waals surface area contributed by atoms with Crippen molar-refractivity contribution in [2.45, 2.75) is 32.7 Å². The number of carbonyl (C=O) groups excluding carboxylic acids is 1. The maximum Gasteiger partial charge on any atom is 0.259 e. The van der Waals surface area contributed by atoms with Crippen LogP contribution in [0.5, 0.6) is 11.6 Å². The fourth-order valence-electron chi connectivity index (χ4n) is 2.41. The van der Waals surface area contributed by atoms with E-state index in [2.05, 4.69) is 15.3 Å². The smallest absolute Gasteiger partial charge is 0.259 e. The zero-order valence-corrected chi connectivity index (χ0v) is 13.9. The third-order valence-electron chi connectivity index (χ3n) is 3.39. The van der Waals surface area contributed by atoms with Gasteiger partial charge in [-0.2, -0.15) is 0 Å². The minimum atomic E-state index is -0.317. The molecule has 1 aromatic heterocycles. The van der Waals surface area contributed by atoms with Crippen LogP contribution in [0.3, 0.4) is 0 Å². The van der Waals surface area contributed by atoms with Crippen molar-refractivity contribution < 1.29 is 9.53 Å². The molecule has 0 fully saturated rings. The number of nitrogens with one attached hydrogen (secondary N) is 3. The van der Waals surface area contributed by atoms with Gasteiger partial charge < -0.3 is 15.0 Å². The highest BCUT2D eigenvalue weighted by atomic mass is 32.1. The summed E-state index contributed by atoms with van der Waals surface area (Å²) >= 11 is 4.95. The third kappa shape index (κ3) is 3.19. The van der Waals surface area contributed by atoms with Gasteiger partial charge in [-0.3, -0.25) is 14.6 Å². The average Bonchev–Trinajstić information content (AvgIpc) is 2.43. The first-order chi connectivity index (χ1) is 10.7. The fraction of sp³-hybridized carbons (Fsp3) is 0.312. The number of hydrogen-bond donors (Lipinski definition) is 3. The van der Waals surface area contributed by atoms with Gasteiger partial charge in [-0.05, 0) is 51.2 Å². The molecule has 7 heteroatoms. The van der Waals surface area contributed by atoms with Gasteiger partial charge in [-0.1, -0.05) is 0 Å². The van der Waals surface area contributed by atoms with Gasteiger partial charge in [-0.25, -0.2) is 0 Å². The Morgan fingerprint density at radius 2 is 2.04 bits per heavy atom. The van der Waals surface area contributed by atoms with E-state index in [1.54, 1.807) is 18.2 Å². The Balaban J connectivity index is 1.96. The molecule has 1 aromatic carbocycles. The van der Waals surface area contributed by atoms with Gasteiger partial charge >= 0.3 is 0 Å². The first kappa shape index (κ1) is 15.5. The topological polar surface area (TPSA) is 87.0 Å². The highest BCUT2D eigenvalue weighted by Gasteiger charge is 2.22. The fourth-order valence-corrected chi connectivity index (χ4v) is 2.60. The molecule has 0 saturated carbocycles. The maximum absolute atomic E-state index is 12.3. The summed E-state index contributed by atoms with van der Waals surface area (Å²) in [6.45, 7) is 5.76. The molecular weight excluding hydrogens is 314 g/mol. The van der Waals surface area contributed by atoms with Crippen LogP contribution < -0.4 is 15.6 Å². The van der Waals surface area contributed by atoms with Crippen molar-refractivity contribution in [2.24, 2.45) is 0 Å². The molecular formula is C16H17N3O3S. The van der Waals surface area contributed by atoms with E-state index in [1.807, 2.05) is 20.8 Å². The predicted octanol–water partition coefficient (Wildman–Crippen LogP) is 2.66. The van der Waals surface area contributed by atoms with E-state index in [4.69, 9.17) is 17.0 Å². The number of benzene rings is 1. The monoisotopic (exact) mass is 331 g/mol. The highest BCUT2D eigenvalue weighted by Crippen LogP contribution is 2.33. The molecule has 3 N–H and O–H groups in total. The molecule has 0 aliphatic carbocycles. The zero-order valence-electron chi connectivity index (χ0n) is 13.1. The first-order valence-corrected chi connectivity index (χ1v) is 7.62. The van der Waals surface area contributed by atoms with E-state index in [0.29, 0.717) is 29.2 Å². The number of H-pyrrole nitrogens is 2. The van der Waals surface area contributed by atoms with Gasteiger partial charge in [0.15, 0.2) is 4.77 Å². The molecule has 1 aliphatic heterocycles.